The number of nitrogens with one attached hydrogen (secondary N) is 1. The van der Waals surface area contributed by atoms with Crippen LogP contribution in [0.25, 0.3) is 0 Å². The number of ether oxygens (including phenoxy) is 1. The van der Waals surface area contributed by atoms with E-state index in [4.69, 9.17) is 4.74 Å². The first-order chi connectivity index (χ1) is 8.92. The van der Waals surface area contributed by atoms with Crippen LogP contribution in [-0.2, 0) is 14.8 Å². The SMILES string of the molecule is CCOC1CC(NS(=O)(=O)c2ccc(Br)cc2F)C1. The van der Waals surface area contributed by atoms with Crippen LogP contribution in [0.4, 0.5) is 4.39 Å². The summed E-state index contributed by atoms with van der Waals surface area (Å²) >= 11 is 3.09. The van der Waals surface area contributed by atoms with Gasteiger partial charge in [-0.15, -0.1) is 0 Å². The second kappa shape index (κ2) is 5.87. The minimum Gasteiger partial charge on any atom is -0.378 e. The van der Waals surface area contributed by atoms with Crippen LogP contribution in [0, 0.1) is 5.82 Å². The van der Waals surface area contributed by atoms with Gasteiger partial charge in [0.1, 0.15) is 10.7 Å². The van der Waals surface area contributed by atoms with E-state index >= 15 is 0 Å². The zero-order valence-electron chi connectivity index (χ0n) is 10.4. The van der Waals surface area contributed by atoms with Gasteiger partial charge < -0.3 is 4.74 Å². The molecule has 0 aromatic heterocycles. The molecule has 106 valence electrons. The van der Waals surface area contributed by atoms with Crippen LogP contribution in [0.2, 0.25) is 0 Å². The van der Waals surface area contributed by atoms with Crippen LogP contribution in [-0.4, -0.2) is 27.2 Å². The smallest absolute Gasteiger partial charge is 0.243 e. The molecule has 1 saturated carbocycles. The Hall–Kier alpha value is -0.500. The molecule has 1 aromatic rings. The Bertz CT molecular complexity index is 558. The van der Waals surface area contributed by atoms with Crippen molar-refractivity contribution in [2.24, 2.45) is 0 Å². The van der Waals surface area contributed by atoms with Gasteiger partial charge in [-0.05, 0) is 38.0 Å². The molecule has 1 aliphatic rings. The van der Waals surface area contributed by atoms with Crippen molar-refractivity contribution in [1.29, 1.82) is 0 Å². The number of rotatable bonds is 5. The maximum Gasteiger partial charge on any atom is 0.243 e. The molecule has 0 bridgehead atoms. The highest BCUT2D eigenvalue weighted by Crippen LogP contribution is 2.26. The van der Waals surface area contributed by atoms with Crippen molar-refractivity contribution in [2.45, 2.75) is 36.8 Å². The van der Waals surface area contributed by atoms with E-state index in [-0.39, 0.29) is 17.0 Å². The summed E-state index contributed by atoms with van der Waals surface area (Å²) in [5.74, 6) is -0.762. The fraction of sp³-hybridized carbons (Fsp3) is 0.500. The standard InChI is InChI=1S/C12H15BrFNO3S/c1-2-18-10-6-9(7-10)15-19(16,17)12-4-3-8(13)5-11(12)14/h3-5,9-10,15H,2,6-7H2,1H3. The Kier molecular flexibility index (Phi) is 4.60. The predicted molar refractivity (Wildman–Crippen MR) is 72.9 cm³/mol. The van der Waals surface area contributed by atoms with Crippen molar-refractivity contribution < 1.29 is 17.5 Å². The minimum atomic E-state index is -3.81. The van der Waals surface area contributed by atoms with Crippen LogP contribution >= 0.6 is 15.9 Å². The van der Waals surface area contributed by atoms with Crippen molar-refractivity contribution >= 4 is 26.0 Å². The topological polar surface area (TPSA) is 55.4 Å². The van der Waals surface area contributed by atoms with E-state index in [0.717, 1.165) is 6.07 Å². The van der Waals surface area contributed by atoms with Crippen molar-refractivity contribution in [3.05, 3.63) is 28.5 Å². The van der Waals surface area contributed by atoms with E-state index in [1.807, 2.05) is 6.92 Å². The monoisotopic (exact) mass is 351 g/mol. The van der Waals surface area contributed by atoms with E-state index in [1.165, 1.54) is 12.1 Å². The van der Waals surface area contributed by atoms with Gasteiger partial charge in [-0.3, -0.25) is 0 Å². The Morgan fingerprint density at radius 1 is 1.47 bits per heavy atom. The molecule has 0 spiro atoms. The molecule has 0 aliphatic heterocycles. The maximum atomic E-state index is 13.6. The van der Waals surface area contributed by atoms with E-state index in [2.05, 4.69) is 20.7 Å². The van der Waals surface area contributed by atoms with Gasteiger partial charge in [0.2, 0.25) is 10.0 Å². The molecule has 1 aromatic carbocycles. The van der Waals surface area contributed by atoms with Crippen molar-refractivity contribution in [2.75, 3.05) is 6.61 Å². The lowest BCUT2D eigenvalue weighted by atomic mass is 9.90. The molecule has 7 heteroatoms. The molecule has 1 N–H and O–H groups in total. The van der Waals surface area contributed by atoms with Crippen LogP contribution in [0.1, 0.15) is 19.8 Å². The number of halogens is 2. The first kappa shape index (κ1) is 14.9. The van der Waals surface area contributed by atoms with Gasteiger partial charge in [-0.1, -0.05) is 15.9 Å². The van der Waals surface area contributed by atoms with Gasteiger partial charge in [0.15, 0.2) is 0 Å². The zero-order valence-corrected chi connectivity index (χ0v) is 12.8. The lowest BCUT2D eigenvalue weighted by molar-refractivity contribution is -0.00476. The van der Waals surface area contributed by atoms with Crippen molar-refractivity contribution in [1.82, 2.24) is 4.72 Å². The molecule has 0 atom stereocenters. The maximum absolute atomic E-state index is 13.6. The van der Waals surface area contributed by atoms with Gasteiger partial charge in [0, 0.05) is 17.1 Å². The highest BCUT2D eigenvalue weighted by molar-refractivity contribution is 9.10. The van der Waals surface area contributed by atoms with Gasteiger partial charge in [-0.25, -0.2) is 17.5 Å². The molecule has 0 heterocycles. The normalized spacial score (nSPS) is 23.1. The molecule has 1 aliphatic carbocycles. The summed E-state index contributed by atoms with van der Waals surface area (Å²) in [4.78, 5) is -0.324. The summed E-state index contributed by atoms with van der Waals surface area (Å²) < 4.78 is 46.0. The highest BCUT2D eigenvalue weighted by atomic mass is 79.9. The molecule has 2 rings (SSSR count). The summed E-state index contributed by atoms with van der Waals surface area (Å²) in [5.41, 5.74) is 0. The fourth-order valence-electron chi connectivity index (χ4n) is 2.01. The molecule has 19 heavy (non-hydrogen) atoms. The largest absolute Gasteiger partial charge is 0.378 e. The van der Waals surface area contributed by atoms with Gasteiger partial charge in [0.05, 0.1) is 6.10 Å². The lowest BCUT2D eigenvalue weighted by Gasteiger charge is -2.35. The second-order valence-corrected chi connectivity index (χ2v) is 7.04. The minimum absolute atomic E-state index is 0.104. The fourth-order valence-corrected chi connectivity index (χ4v) is 3.66. The summed E-state index contributed by atoms with van der Waals surface area (Å²) in [7, 11) is -3.81. The molecular formula is C12H15BrFNO3S. The van der Waals surface area contributed by atoms with Gasteiger partial charge in [0.25, 0.3) is 0 Å². The predicted octanol–water partition coefficient (Wildman–Crippen LogP) is 2.43. The first-order valence-electron chi connectivity index (χ1n) is 6.01. The molecule has 0 saturated heterocycles. The summed E-state index contributed by atoms with van der Waals surface area (Å²) in [6.07, 6.45) is 1.36. The molecular weight excluding hydrogens is 337 g/mol. The number of benzene rings is 1. The van der Waals surface area contributed by atoms with Crippen molar-refractivity contribution in [3.8, 4) is 0 Å². The third-order valence-corrected chi connectivity index (χ3v) is 5.05. The first-order valence-corrected chi connectivity index (χ1v) is 8.29. The van der Waals surface area contributed by atoms with E-state index < -0.39 is 15.8 Å². The Morgan fingerprint density at radius 2 is 2.16 bits per heavy atom. The average molecular weight is 352 g/mol. The van der Waals surface area contributed by atoms with Gasteiger partial charge >= 0.3 is 0 Å². The summed E-state index contributed by atoms with van der Waals surface area (Å²) in [5, 5.41) is 0. The van der Waals surface area contributed by atoms with Crippen LogP contribution < -0.4 is 4.72 Å². The average Bonchev–Trinajstić information content (AvgIpc) is 2.25. The molecule has 0 amide bonds. The lowest BCUT2D eigenvalue weighted by Crippen LogP contribution is -2.47. The van der Waals surface area contributed by atoms with Gasteiger partial charge in [-0.2, -0.15) is 0 Å². The third-order valence-electron chi connectivity index (χ3n) is 3.00. The molecule has 4 nitrogen and oxygen atoms in total. The Morgan fingerprint density at radius 3 is 2.74 bits per heavy atom. The third kappa shape index (κ3) is 3.53. The molecule has 0 radical (unpaired) electrons. The molecule has 1 fully saturated rings. The highest BCUT2D eigenvalue weighted by Gasteiger charge is 2.33. The Labute approximate surface area is 120 Å². The van der Waals surface area contributed by atoms with E-state index in [1.54, 1.807) is 0 Å². The van der Waals surface area contributed by atoms with Crippen LogP contribution in [0.3, 0.4) is 0 Å². The van der Waals surface area contributed by atoms with Crippen LogP contribution in [0.5, 0.6) is 0 Å². The van der Waals surface area contributed by atoms with Crippen molar-refractivity contribution in [3.63, 3.8) is 0 Å². The Balaban J connectivity index is 2.03. The summed E-state index contributed by atoms with van der Waals surface area (Å²) in [6.45, 7) is 2.51. The zero-order chi connectivity index (χ0) is 14.0. The number of hydrogen-bond donors (Lipinski definition) is 1. The van der Waals surface area contributed by atoms with E-state index in [0.29, 0.717) is 23.9 Å². The van der Waals surface area contributed by atoms with E-state index in [9.17, 15) is 12.8 Å². The number of hydrogen-bond acceptors (Lipinski definition) is 3. The quantitative estimate of drug-likeness (QED) is 0.886. The number of sulfonamides is 1. The second-order valence-electron chi connectivity index (χ2n) is 4.44. The molecule has 0 unspecified atom stereocenters. The summed E-state index contributed by atoms with van der Waals surface area (Å²) in [6, 6.07) is 3.71. The van der Waals surface area contributed by atoms with Crippen LogP contribution in [0.15, 0.2) is 27.6 Å².